The maximum Gasteiger partial charge on any atom is 0.124 e. The van der Waals surface area contributed by atoms with Crippen LogP contribution in [0.2, 0.25) is 0 Å². The van der Waals surface area contributed by atoms with Crippen molar-refractivity contribution in [1.29, 1.82) is 0 Å². The molecule has 0 heterocycles. The van der Waals surface area contributed by atoms with Crippen LogP contribution in [-0.4, -0.2) is 13.1 Å². The molecule has 1 aromatic rings. The average Bonchev–Trinajstić information content (AvgIpc) is 2.36. The molecule has 3 heteroatoms. The molecule has 1 nitrogen and oxygen atoms in total. The van der Waals surface area contributed by atoms with Gasteiger partial charge in [-0.1, -0.05) is 42.1 Å². The van der Waals surface area contributed by atoms with Crippen LogP contribution in [0.25, 0.3) is 0 Å². The van der Waals surface area contributed by atoms with E-state index in [1.54, 1.807) is 6.07 Å². The highest BCUT2D eigenvalue weighted by Gasteiger charge is 2.31. The Kier molecular flexibility index (Phi) is 5.40. The number of hydrogen-bond acceptors (Lipinski definition) is 1. The maximum atomic E-state index is 13.5. The van der Waals surface area contributed by atoms with Crippen LogP contribution in [0.4, 0.5) is 4.39 Å². The van der Waals surface area contributed by atoms with Gasteiger partial charge in [0.05, 0.1) is 0 Å². The summed E-state index contributed by atoms with van der Waals surface area (Å²) in [5.74, 6) is -0.140. The van der Waals surface area contributed by atoms with Gasteiger partial charge in [-0.25, -0.2) is 4.39 Å². The molecule has 1 aromatic carbocycles. The van der Waals surface area contributed by atoms with E-state index in [4.69, 9.17) is 0 Å². The summed E-state index contributed by atoms with van der Waals surface area (Å²) in [6.45, 7) is 4.21. The van der Waals surface area contributed by atoms with Gasteiger partial charge in [-0.05, 0) is 55.0 Å². The standard InChI is InChI=1S/C16H23BrFN/c1-2-19-12-16(6-4-3-5-7-16)11-13-8-14(17)10-15(18)9-13/h8-10,19H,2-7,11-12H2,1H3. The molecular formula is C16H23BrFN. The quantitative estimate of drug-likeness (QED) is 0.827. The normalized spacial score (nSPS) is 18.5. The largest absolute Gasteiger partial charge is 0.316 e. The molecule has 0 atom stereocenters. The predicted octanol–water partition coefficient (Wildman–Crippen LogP) is 4.69. The average molecular weight is 328 g/mol. The summed E-state index contributed by atoms with van der Waals surface area (Å²) in [4.78, 5) is 0. The Morgan fingerprint density at radius 3 is 2.58 bits per heavy atom. The summed E-state index contributed by atoms with van der Waals surface area (Å²) in [5, 5.41) is 3.50. The van der Waals surface area contributed by atoms with E-state index in [2.05, 4.69) is 34.2 Å². The third kappa shape index (κ3) is 4.28. The fraction of sp³-hybridized carbons (Fsp3) is 0.625. The van der Waals surface area contributed by atoms with Crippen LogP contribution < -0.4 is 5.32 Å². The van der Waals surface area contributed by atoms with E-state index in [9.17, 15) is 4.39 Å². The Morgan fingerprint density at radius 2 is 1.95 bits per heavy atom. The molecule has 0 aliphatic heterocycles. The highest BCUT2D eigenvalue weighted by molar-refractivity contribution is 9.10. The van der Waals surface area contributed by atoms with Gasteiger partial charge in [-0.3, -0.25) is 0 Å². The molecule has 1 N–H and O–H groups in total. The van der Waals surface area contributed by atoms with Crippen LogP contribution >= 0.6 is 15.9 Å². The molecule has 0 radical (unpaired) electrons. The van der Waals surface area contributed by atoms with Gasteiger partial charge in [0.1, 0.15) is 5.82 Å². The van der Waals surface area contributed by atoms with Gasteiger partial charge in [0.2, 0.25) is 0 Å². The van der Waals surface area contributed by atoms with Gasteiger partial charge in [-0.2, -0.15) is 0 Å². The van der Waals surface area contributed by atoms with E-state index in [1.807, 2.05) is 0 Å². The van der Waals surface area contributed by atoms with Crippen molar-refractivity contribution in [3.05, 3.63) is 34.1 Å². The third-order valence-corrected chi connectivity index (χ3v) is 4.62. The molecule has 0 spiro atoms. The first-order valence-corrected chi connectivity index (χ1v) is 8.08. The summed E-state index contributed by atoms with van der Waals surface area (Å²) in [7, 11) is 0. The van der Waals surface area contributed by atoms with Crippen molar-refractivity contribution in [2.24, 2.45) is 5.41 Å². The van der Waals surface area contributed by atoms with Crippen molar-refractivity contribution < 1.29 is 4.39 Å². The molecule has 0 bridgehead atoms. The molecule has 2 rings (SSSR count). The van der Waals surface area contributed by atoms with Crippen LogP contribution in [-0.2, 0) is 6.42 Å². The zero-order valence-corrected chi connectivity index (χ0v) is 13.2. The highest BCUT2D eigenvalue weighted by atomic mass is 79.9. The van der Waals surface area contributed by atoms with E-state index in [0.717, 1.165) is 29.5 Å². The molecule has 0 saturated heterocycles. The molecule has 0 amide bonds. The monoisotopic (exact) mass is 327 g/mol. The fourth-order valence-corrected chi connectivity index (χ4v) is 3.77. The fourth-order valence-electron chi connectivity index (χ4n) is 3.25. The van der Waals surface area contributed by atoms with Gasteiger partial charge in [-0.15, -0.1) is 0 Å². The van der Waals surface area contributed by atoms with Crippen molar-refractivity contribution in [3.8, 4) is 0 Å². The molecule has 106 valence electrons. The Balaban J connectivity index is 2.14. The van der Waals surface area contributed by atoms with E-state index in [-0.39, 0.29) is 5.82 Å². The van der Waals surface area contributed by atoms with Crippen molar-refractivity contribution in [3.63, 3.8) is 0 Å². The van der Waals surface area contributed by atoms with Crippen molar-refractivity contribution in [2.75, 3.05) is 13.1 Å². The maximum absolute atomic E-state index is 13.5. The second-order valence-corrected chi connectivity index (χ2v) is 6.71. The first-order chi connectivity index (χ1) is 9.13. The summed E-state index contributed by atoms with van der Waals surface area (Å²) >= 11 is 3.39. The van der Waals surface area contributed by atoms with Crippen LogP contribution in [0.3, 0.4) is 0 Å². The third-order valence-electron chi connectivity index (χ3n) is 4.17. The van der Waals surface area contributed by atoms with Crippen molar-refractivity contribution >= 4 is 15.9 Å². The molecule has 0 aromatic heterocycles. The first kappa shape index (κ1) is 15.0. The minimum absolute atomic E-state index is 0.140. The summed E-state index contributed by atoms with van der Waals surface area (Å²) < 4.78 is 14.4. The molecule has 1 aliphatic carbocycles. The molecule has 0 unspecified atom stereocenters. The summed E-state index contributed by atoms with van der Waals surface area (Å²) in [6.07, 6.45) is 7.46. The minimum atomic E-state index is -0.140. The zero-order chi connectivity index (χ0) is 13.7. The Morgan fingerprint density at radius 1 is 1.21 bits per heavy atom. The van der Waals surface area contributed by atoms with Crippen LogP contribution in [0.1, 0.15) is 44.6 Å². The number of hydrogen-bond donors (Lipinski definition) is 1. The van der Waals surface area contributed by atoms with Gasteiger partial charge < -0.3 is 5.32 Å². The number of halogens is 2. The van der Waals surface area contributed by atoms with E-state index in [0.29, 0.717) is 5.41 Å². The lowest BCUT2D eigenvalue weighted by Crippen LogP contribution is -2.38. The SMILES string of the molecule is CCNCC1(Cc2cc(F)cc(Br)c2)CCCCC1. The van der Waals surface area contributed by atoms with E-state index >= 15 is 0 Å². The number of benzene rings is 1. The van der Waals surface area contributed by atoms with Gasteiger partial charge in [0.15, 0.2) is 0 Å². The smallest absolute Gasteiger partial charge is 0.124 e. The second kappa shape index (κ2) is 6.85. The molecule has 1 aliphatic rings. The molecule has 1 saturated carbocycles. The number of nitrogens with one attached hydrogen (secondary N) is 1. The van der Waals surface area contributed by atoms with Crippen LogP contribution in [0, 0.1) is 11.2 Å². The Labute approximate surface area is 124 Å². The second-order valence-electron chi connectivity index (χ2n) is 5.80. The Hall–Kier alpha value is -0.410. The van der Waals surface area contributed by atoms with Crippen molar-refractivity contribution in [2.45, 2.75) is 45.4 Å². The van der Waals surface area contributed by atoms with Crippen LogP contribution in [0.5, 0.6) is 0 Å². The zero-order valence-electron chi connectivity index (χ0n) is 11.6. The Bertz CT molecular complexity index is 393. The summed E-state index contributed by atoms with van der Waals surface area (Å²) in [5.41, 5.74) is 1.44. The van der Waals surface area contributed by atoms with E-state index < -0.39 is 0 Å². The summed E-state index contributed by atoms with van der Waals surface area (Å²) in [6, 6.07) is 5.28. The lowest BCUT2D eigenvalue weighted by Gasteiger charge is -2.38. The van der Waals surface area contributed by atoms with Crippen LogP contribution in [0.15, 0.2) is 22.7 Å². The lowest BCUT2D eigenvalue weighted by atomic mass is 9.70. The highest BCUT2D eigenvalue weighted by Crippen LogP contribution is 2.39. The van der Waals surface area contributed by atoms with Gasteiger partial charge in [0, 0.05) is 11.0 Å². The molecule has 19 heavy (non-hydrogen) atoms. The van der Waals surface area contributed by atoms with Crippen molar-refractivity contribution in [1.82, 2.24) is 5.32 Å². The minimum Gasteiger partial charge on any atom is -0.316 e. The topological polar surface area (TPSA) is 12.0 Å². The number of rotatable bonds is 5. The van der Waals surface area contributed by atoms with Gasteiger partial charge >= 0.3 is 0 Å². The lowest BCUT2D eigenvalue weighted by molar-refractivity contribution is 0.182. The molecular weight excluding hydrogens is 305 g/mol. The first-order valence-electron chi connectivity index (χ1n) is 7.29. The predicted molar refractivity (Wildman–Crippen MR) is 81.9 cm³/mol. The molecule has 1 fully saturated rings. The van der Waals surface area contributed by atoms with E-state index in [1.165, 1.54) is 38.2 Å². The van der Waals surface area contributed by atoms with Gasteiger partial charge in [0.25, 0.3) is 0 Å².